The number of carbonyl (C=O) groups is 2. The van der Waals surface area contributed by atoms with Crippen LogP contribution in [0.25, 0.3) is 0 Å². The van der Waals surface area contributed by atoms with Crippen molar-refractivity contribution in [1.82, 2.24) is 4.90 Å². The van der Waals surface area contributed by atoms with E-state index in [4.69, 9.17) is 4.74 Å². The molecule has 0 aromatic carbocycles. The molecule has 0 aliphatic rings. The first-order chi connectivity index (χ1) is 8.10. The van der Waals surface area contributed by atoms with Crippen LogP contribution in [0, 0.1) is 5.92 Å². The van der Waals surface area contributed by atoms with Crippen LogP contribution >= 0.6 is 0 Å². The van der Waals surface area contributed by atoms with E-state index >= 15 is 0 Å². The van der Waals surface area contributed by atoms with Gasteiger partial charge in [0.2, 0.25) is 0 Å². The lowest BCUT2D eigenvalue weighted by Crippen LogP contribution is -2.49. The van der Waals surface area contributed by atoms with E-state index in [0.29, 0.717) is 6.54 Å². The Morgan fingerprint density at radius 1 is 1.22 bits per heavy atom. The van der Waals surface area contributed by atoms with Crippen molar-refractivity contribution in [1.29, 1.82) is 0 Å². The van der Waals surface area contributed by atoms with Crippen molar-refractivity contribution in [2.24, 2.45) is 5.92 Å². The maximum atomic E-state index is 12.2. The number of hydrogen-bond donors (Lipinski definition) is 0. The van der Waals surface area contributed by atoms with Crippen molar-refractivity contribution in [3.63, 3.8) is 0 Å². The van der Waals surface area contributed by atoms with Gasteiger partial charge >= 0.3 is 6.09 Å². The van der Waals surface area contributed by atoms with E-state index in [1.807, 2.05) is 41.5 Å². The third-order valence-corrected chi connectivity index (χ3v) is 2.48. The molecule has 18 heavy (non-hydrogen) atoms. The number of ketones is 1. The average Bonchev–Trinajstić information content (AvgIpc) is 2.12. The summed E-state index contributed by atoms with van der Waals surface area (Å²) in [5.74, 6) is 0.0888. The molecule has 0 spiro atoms. The lowest BCUT2D eigenvalue weighted by atomic mass is 9.99. The summed E-state index contributed by atoms with van der Waals surface area (Å²) in [6.45, 7) is 13.4. The highest BCUT2D eigenvalue weighted by Crippen LogP contribution is 2.17. The summed E-state index contributed by atoms with van der Waals surface area (Å²) in [5.41, 5.74) is -0.540. The van der Waals surface area contributed by atoms with Crippen LogP contribution < -0.4 is 0 Å². The predicted molar refractivity (Wildman–Crippen MR) is 72.5 cm³/mol. The summed E-state index contributed by atoms with van der Waals surface area (Å²) >= 11 is 0. The third-order valence-electron chi connectivity index (χ3n) is 2.48. The highest BCUT2D eigenvalue weighted by Gasteiger charge is 2.32. The van der Waals surface area contributed by atoms with E-state index in [1.54, 1.807) is 4.90 Å². The Balaban J connectivity index is 5.03. The Bertz CT molecular complexity index is 292. The molecule has 0 aliphatic heterocycles. The fourth-order valence-electron chi connectivity index (χ4n) is 1.95. The first kappa shape index (κ1) is 16.9. The average molecular weight is 257 g/mol. The fraction of sp³-hybridized carbons (Fsp3) is 0.857. The lowest BCUT2D eigenvalue weighted by Gasteiger charge is -2.34. The van der Waals surface area contributed by atoms with E-state index in [1.165, 1.54) is 6.92 Å². The first-order valence-corrected chi connectivity index (χ1v) is 6.60. The predicted octanol–water partition coefficient (Wildman–Crippen LogP) is 3.25. The molecule has 1 unspecified atom stereocenters. The Morgan fingerprint density at radius 3 is 2.00 bits per heavy atom. The van der Waals surface area contributed by atoms with Crippen LogP contribution in [0.3, 0.4) is 0 Å². The maximum absolute atomic E-state index is 12.2. The molecular weight excluding hydrogens is 230 g/mol. The zero-order chi connectivity index (χ0) is 14.5. The zero-order valence-corrected chi connectivity index (χ0v) is 12.7. The van der Waals surface area contributed by atoms with E-state index in [0.717, 1.165) is 6.42 Å². The zero-order valence-electron chi connectivity index (χ0n) is 12.7. The van der Waals surface area contributed by atoms with Crippen LogP contribution in [-0.2, 0) is 9.53 Å². The highest BCUT2D eigenvalue weighted by atomic mass is 16.6. The van der Waals surface area contributed by atoms with Gasteiger partial charge in [-0.25, -0.2) is 4.79 Å². The minimum atomic E-state index is -0.540. The SMILES string of the molecule is CCCN(C(=O)OC(C)(C)C)C(C(C)=O)C(C)C. The number of ether oxygens (including phenoxy) is 1. The molecule has 0 rings (SSSR count). The van der Waals surface area contributed by atoms with E-state index in [9.17, 15) is 9.59 Å². The summed E-state index contributed by atoms with van der Waals surface area (Å²) < 4.78 is 5.37. The summed E-state index contributed by atoms with van der Waals surface area (Å²) in [4.78, 5) is 25.4. The summed E-state index contributed by atoms with van der Waals surface area (Å²) in [5, 5.41) is 0. The van der Waals surface area contributed by atoms with Gasteiger partial charge in [-0.2, -0.15) is 0 Å². The molecule has 0 fully saturated rings. The molecule has 0 radical (unpaired) electrons. The van der Waals surface area contributed by atoms with Gasteiger partial charge in [-0.15, -0.1) is 0 Å². The van der Waals surface area contributed by atoms with Gasteiger partial charge in [-0.3, -0.25) is 9.69 Å². The molecule has 0 aromatic heterocycles. The van der Waals surface area contributed by atoms with Crippen LogP contribution in [0.4, 0.5) is 4.79 Å². The van der Waals surface area contributed by atoms with E-state index < -0.39 is 17.7 Å². The number of nitrogens with zero attached hydrogens (tertiary/aromatic N) is 1. The molecule has 0 aromatic rings. The van der Waals surface area contributed by atoms with Crippen LogP contribution in [0.15, 0.2) is 0 Å². The smallest absolute Gasteiger partial charge is 0.410 e. The molecule has 0 saturated heterocycles. The lowest BCUT2D eigenvalue weighted by molar-refractivity contribution is -0.123. The van der Waals surface area contributed by atoms with Crippen molar-refractivity contribution >= 4 is 11.9 Å². The second kappa shape index (κ2) is 6.76. The third kappa shape index (κ3) is 5.52. The van der Waals surface area contributed by atoms with Gasteiger partial charge in [0.15, 0.2) is 5.78 Å². The Hall–Kier alpha value is -1.06. The summed E-state index contributed by atoms with van der Waals surface area (Å²) in [7, 11) is 0. The minimum Gasteiger partial charge on any atom is -0.444 e. The Morgan fingerprint density at radius 2 is 1.72 bits per heavy atom. The van der Waals surface area contributed by atoms with E-state index in [2.05, 4.69) is 0 Å². The minimum absolute atomic E-state index is 0.00399. The van der Waals surface area contributed by atoms with Crippen molar-refractivity contribution in [2.45, 2.75) is 66.5 Å². The molecular formula is C14H27NO3. The molecule has 4 nitrogen and oxygen atoms in total. The van der Waals surface area contributed by atoms with Crippen LogP contribution in [0.5, 0.6) is 0 Å². The second-order valence-electron chi connectivity index (χ2n) is 5.97. The highest BCUT2D eigenvalue weighted by molar-refractivity contribution is 5.85. The maximum Gasteiger partial charge on any atom is 0.410 e. The number of rotatable bonds is 5. The van der Waals surface area contributed by atoms with Gasteiger partial charge in [-0.05, 0) is 40.0 Å². The second-order valence-corrected chi connectivity index (χ2v) is 5.97. The Labute approximate surface area is 111 Å². The number of amides is 1. The van der Waals surface area contributed by atoms with Crippen LogP contribution in [-0.4, -0.2) is 35.0 Å². The molecule has 1 amide bonds. The topological polar surface area (TPSA) is 46.6 Å². The Kier molecular flexibility index (Phi) is 6.36. The molecule has 4 heteroatoms. The molecule has 0 heterocycles. The summed E-state index contributed by atoms with van der Waals surface area (Å²) in [6, 6.07) is -0.403. The molecule has 0 saturated carbocycles. The number of hydrogen-bond acceptors (Lipinski definition) is 3. The van der Waals surface area contributed by atoms with Gasteiger partial charge < -0.3 is 4.74 Å². The first-order valence-electron chi connectivity index (χ1n) is 6.60. The normalized spacial score (nSPS) is 13.3. The van der Waals surface area contributed by atoms with Crippen molar-refractivity contribution < 1.29 is 14.3 Å². The molecule has 106 valence electrons. The van der Waals surface area contributed by atoms with Gasteiger partial charge in [0, 0.05) is 6.54 Å². The molecule has 0 aliphatic carbocycles. The standard InChI is InChI=1S/C14H27NO3/c1-8-9-15(12(10(2)3)11(4)16)13(17)18-14(5,6)7/h10,12H,8-9H2,1-7H3. The largest absolute Gasteiger partial charge is 0.444 e. The number of Topliss-reactive ketones (excluding diaryl/α,β-unsaturated/α-hetero) is 1. The van der Waals surface area contributed by atoms with Crippen molar-refractivity contribution in [2.75, 3.05) is 6.54 Å². The molecule has 1 atom stereocenters. The molecule has 0 N–H and O–H groups in total. The van der Waals surface area contributed by atoms with Gasteiger partial charge in [0.05, 0.1) is 6.04 Å². The van der Waals surface area contributed by atoms with Gasteiger partial charge in [0.25, 0.3) is 0 Å². The number of carbonyl (C=O) groups excluding carboxylic acids is 2. The van der Waals surface area contributed by atoms with Crippen molar-refractivity contribution in [3.05, 3.63) is 0 Å². The van der Waals surface area contributed by atoms with Crippen LogP contribution in [0.1, 0.15) is 54.9 Å². The van der Waals surface area contributed by atoms with Crippen LogP contribution in [0.2, 0.25) is 0 Å². The van der Waals surface area contributed by atoms with Gasteiger partial charge in [-0.1, -0.05) is 20.8 Å². The summed E-state index contributed by atoms with van der Waals surface area (Å²) in [6.07, 6.45) is 0.397. The monoisotopic (exact) mass is 257 g/mol. The fourth-order valence-corrected chi connectivity index (χ4v) is 1.95. The van der Waals surface area contributed by atoms with Gasteiger partial charge in [0.1, 0.15) is 5.60 Å². The van der Waals surface area contributed by atoms with E-state index in [-0.39, 0.29) is 11.7 Å². The molecule has 0 bridgehead atoms. The quantitative estimate of drug-likeness (QED) is 0.759. The van der Waals surface area contributed by atoms with Crippen molar-refractivity contribution in [3.8, 4) is 0 Å².